The van der Waals surface area contributed by atoms with Crippen LogP contribution in [0, 0.1) is 10.1 Å². The highest BCUT2D eigenvalue weighted by molar-refractivity contribution is 7.99. The SMILES string of the molecule is O=[N+]([O-])c1cc(S(=O)(=O)Nc2ccccc2)ccc1Sc1nnc(-c2cccs2)n1CC1CCCO1. The normalized spacial score (nSPS) is 15.7. The number of benzene rings is 2. The molecule has 2 aromatic heterocycles. The van der Waals surface area contributed by atoms with Crippen LogP contribution in [-0.2, 0) is 21.3 Å². The molecule has 1 saturated heterocycles. The van der Waals surface area contributed by atoms with Gasteiger partial charge in [-0.15, -0.1) is 21.5 Å². The first-order chi connectivity index (χ1) is 17.4. The number of rotatable bonds is 9. The van der Waals surface area contributed by atoms with Gasteiger partial charge in [-0.3, -0.25) is 19.4 Å². The summed E-state index contributed by atoms with van der Waals surface area (Å²) in [4.78, 5) is 12.3. The number of nitro groups is 1. The number of aromatic nitrogens is 3. The van der Waals surface area contributed by atoms with Gasteiger partial charge < -0.3 is 4.74 Å². The smallest absolute Gasteiger partial charge is 0.284 e. The van der Waals surface area contributed by atoms with Gasteiger partial charge in [0.15, 0.2) is 11.0 Å². The predicted molar refractivity (Wildman–Crippen MR) is 137 cm³/mol. The van der Waals surface area contributed by atoms with Crippen LogP contribution in [0.2, 0.25) is 0 Å². The van der Waals surface area contributed by atoms with Gasteiger partial charge in [0.1, 0.15) is 0 Å². The number of nitrogens with zero attached hydrogens (tertiary/aromatic N) is 4. The average molecular weight is 544 g/mol. The van der Waals surface area contributed by atoms with E-state index in [4.69, 9.17) is 4.74 Å². The van der Waals surface area contributed by atoms with E-state index in [-0.39, 0.29) is 21.6 Å². The van der Waals surface area contributed by atoms with Crippen LogP contribution in [0.3, 0.4) is 0 Å². The van der Waals surface area contributed by atoms with Crippen LogP contribution >= 0.6 is 23.1 Å². The fourth-order valence-corrected chi connectivity index (χ4v) is 6.54. The molecule has 1 unspecified atom stereocenters. The van der Waals surface area contributed by atoms with Gasteiger partial charge in [-0.2, -0.15) is 0 Å². The van der Waals surface area contributed by atoms with E-state index < -0.39 is 14.9 Å². The average Bonchev–Trinajstić information content (AvgIpc) is 3.63. The number of anilines is 1. The minimum Gasteiger partial charge on any atom is -0.376 e. The zero-order chi connectivity index (χ0) is 25.1. The molecule has 1 aliphatic heterocycles. The molecular formula is C23H21N5O5S3. The minimum absolute atomic E-state index is 0.00521. The van der Waals surface area contributed by atoms with Crippen molar-refractivity contribution in [2.75, 3.05) is 11.3 Å². The van der Waals surface area contributed by atoms with E-state index in [1.807, 2.05) is 22.1 Å². The number of thiophene rings is 1. The van der Waals surface area contributed by atoms with Gasteiger partial charge in [-0.25, -0.2) is 8.42 Å². The topological polar surface area (TPSA) is 129 Å². The summed E-state index contributed by atoms with van der Waals surface area (Å²) < 4.78 is 35.9. The van der Waals surface area contributed by atoms with E-state index in [1.165, 1.54) is 23.5 Å². The van der Waals surface area contributed by atoms with Crippen molar-refractivity contribution >= 4 is 44.5 Å². The number of sulfonamides is 1. The highest BCUT2D eigenvalue weighted by Gasteiger charge is 2.26. The van der Waals surface area contributed by atoms with Gasteiger partial charge in [0.05, 0.1) is 32.2 Å². The van der Waals surface area contributed by atoms with E-state index in [9.17, 15) is 18.5 Å². The van der Waals surface area contributed by atoms with E-state index in [0.717, 1.165) is 35.5 Å². The van der Waals surface area contributed by atoms with E-state index in [0.29, 0.717) is 29.8 Å². The molecule has 0 saturated carbocycles. The summed E-state index contributed by atoms with van der Waals surface area (Å²) in [5.74, 6) is 0.664. The fourth-order valence-electron chi connectivity index (χ4n) is 3.82. The van der Waals surface area contributed by atoms with Crippen LogP contribution in [0.1, 0.15) is 12.8 Å². The predicted octanol–water partition coefficient (Wildman–Crippen LogP) is 5.05. The maximum absolute atomic E-state index is 12.8. The molecule has 2 aromatic carbocycles. The Balaban J connectivity index is 1.47. The Morgan fingerprint density at radius 1 is 1.17 bits per heavy atom. The van der Waals surface area contributed by atoms with Gasteiger partial charge in [-0.1, -0.05) is 24.3 Å². The quantitative estimate of drug-likeness (QED) is 0.229. The molecule has 0 amide bonds. The number of hydrogen-bond donors (Lipinski definition) is 1. The Hall–Kier alpha value is -3.26. The summed E-state index contributed by atoms with van der Waals surface area (Å²) >= 11 is 2.60. The van der Waals surface area contributed by atoms with Gasteiger partial charge in [0.25, 0.3) is 15.7 Å². The van der Waals surface area contributed by atoms with Crippen LogP contribution in [-0.4, -0.2) is 40.8 Å². The molecule has 0 spiro atoms. The lowest BCUT2D eigenvalue weighted by atomic mass is 10.2. The largest absolute Gasteiger partial charge is 0.376 e. The van der Waals surface area contributed by atoms with Crippen molar-refractivity contribution in [3.63, 3.8) is 0 Å². The summed E-state index contributed by atoms with van der Waals surface area (Å²) in [6, 6.07) is 16.0. The first-order valence-electron chi connectivity index (χ1n) is 11.0. The van der Waals surface area contributed by atoms with Crippen molar-refractivity contribution in [2.45, 2.75) is 40.4 Å². The molecule has 3 heterocycles. The third-order valence-corrected chi connectivity index (χ3v) is 8.83. The second kappa shape index (κ2) is 10.4. The second-order valence-corrected chi connectivity index (χ2v) is 11.6. The van der Waals surface area contributed by atoms with Crippen LogP contribution in [0.25, 0.3) is 10.7 Å². The molecule has 0 radical (unpaired) electrons. The van der Waals surface area contributed by atoms with Crippen molar-refractivity contribution in [2.24, 2.45) is 0 Å². The summed E-state index contributed by atoms with van der Waals surface area (Å²) in [6.07, 6.45) is 1.89. The Morgan fingerprint density at radius 3 is 2.69 bits per heavy atom. The van der Waals surface area contributed by atoms with Gasteiger partial charge in [0, 0.05) is 18.4 Å². The van der Waals surface area contributed by atoms with Crippen LogP contribution in [0.15, 0.2) is 81.0 Å². The van der Waals surface area contributed by atoms with Crippen molar-refractivity contribution in [1.29, 1.82) is 0 Å². The molecule has 10 nitrogen and oxygen atoms in total. The number of nitro benzene ring substituents is 1. The van der Waals surface area contributed by atoms with Gasteiger partial charge in [0.2, 0.25) is 0 Å². The Labute approximate surface area is 215 Å². The highest BCUT2D eigenvalue weighted by atomic mass is 32.2. The first-order valence-corrected chi connectivity index (χ1v) is 14.2. The zero-order valence-electron chi connectivity index (χ0n) is 18.8. The maximum Gasteiger partial charge on any atom is 0.284 e. The Bertz CT molecular complexity index is 1470. The molecular weight excluding hydrogens is 522 g/mol. The first kappa shape index (κ1) is 24.4. The molecule has 186 valence electrons. The lowest BCUT2D eigenvalue weighted by Gasteiger charge is -2.14. The summed E-state index contributed by atoms with van der Waals surface area (Å²) in [5.41, 5.74) is 0.0298. The molecule has 13 heteroatoms. The van der Waals surface area contributed by atoms with E-state index in [2.05, 4.69) is 14.9 Å². The molecule has 5 rings (SSSR count). The molecule has 0 bridgehead atoms. The molecule has 1 aliphatic rings. The van der Waals surface area contributed by atoms with E-state index >= 15 is 0 Å². The zero-order valence-corrected chi connectivity index (χ0v) is 21.3. The summed E-state index contributed by atoms with van der Waals surface area (Å²) in [6.45, 7) is 1.21. The maximum atomic E-state index is 12.8. The molecule has 1 N–H and O–H groups in total. The Kier molecular flexibility index (Phi) is 7.05. The van der Waals surface area contributed by atoms with Crippen molar-refractivity contribution in [1.82, 2.24) is 14.8 Å². The molecule has 4 aromatic rings. The number of para-hydroxylation sites is 1. The third kappa shape index (κ3) is 5.28. The fraction of sp³-hybridized carbons (Fsp3) is 0.217. The minimum atomic E-state index is -4.02. The Morgan fingerprint density at radius 2 is 2.00 bits per heavy atom. The lowest BCUT2D eigenvalue weighted by Crippen LogP contribution is -2.16. The molecule has 36 heavy (non-hydrogen) atoms. The summed E-state index contributed by atoms with van der Waals surface area (Å²) in [7, 11) is -4.02. The third-order valence-electron chi connectivity index (χ3n) is 5.53. The number of ether oxygens (including phenoxy) is 1. The van der Waals surface area contributed by atoms with E-state index in [1.54, 1.807) is 30.3 Å². The van der Waals surface area contributed by atoms with Gasteiger partial charge >= 0.3 is 0 Å². The highest BCUT2D eigenvalue weighted by Crippen LogP contribution is 2.38. The number of hydrogen-bond acceptors (Lipinski definition) is 9. The number of nitrogens with one attached hydrogen (secondary N) is 1. The lowest BCUT2D eigenvalue weighted by molar-refractivity contribution is -0.388. The summed E-state index contributed by atoms with van der Waals surface area (Å²) in [5, 5.41) is 23.0. The van der Waals surface area contributed by atoms with Crippen LogP contribution in [0.4, 0.5) is 11.4 Å². The van der Waals surface area contributed by atoms with Crippen molar-refractivity contribution < 1.29 is 18.1 Å². The van der Waals surface area contributed by atoms with Crippen molar-refractivity contribution in [3.05, 3.63) is 76.2 Å². The monoisotopic (exact) mass is 543 g/mol. The van der Waals surface area contributed by atoms with Crippen LogP contribution < -0.4 is 4.72 Å². The second-order valence-electron chi connectivity index (χ2n) is 7.99. The molecule has 1 fully saturated rings. The molecule has 1 atom stereocenters. The molecule has 0 aliphatic carbocycles. The van der Waals surface area contributed by atoms with Crippen LogP contribution in [0.5, 0.6) is 0 Å². The van der Waals surface area contributed by atoms with Crippen molar-refractivity contribution in [3.8, 4) is 10.7 Å². The van der Waals surface area contributed by atoms with Gasteiger partial charge in [-0.05, 0) is 60.3 Å². The standard InChI is InChI=1S/C23H21N5O5S3/c29-28(30)19-14-18(36(31,32)26-16-6-2-1-3-7-16)10-11-20(19)35-23-25-24-22(21-9-5-13-34-21)27(23)15-17-8-4-12-33-17/h1-3,5-7,9-11,13-14,17,26H,4,8,12,15H2.